The van der Waals surface area contributed by atoms with Gasteiger partial charge in [-0.05, 0) is 42.9 Å². The van der Waals surface area contributed by atoms with Crippen LogP contribution in [0, 0.1) is 0 Å². The third-order valence-corrected chi connectivity index (χ3v) is 6.19. The van der Waals surface area contributed by atoms with Crippen LogP contribution in [-0.4, -0.2) is 108 Å². The fourth-order valence-electron chi connectivity index (χ4n) is 3.86. The van der Waals surface area contributed by atoms with E-state index in [4.69, 9.17) is 34.1 Å². The Morgan fingerprint density at radius 2 is 1.35 bits per heavy atom. The summed E-state index contributed by atoms with van der Waals surface area (Å²) in [4.78, 5) is 35.6. The first kappa shape index (κ1) is 39.9. The summed E-state index contributed by atoms with van der Waals surface area (Å²) < 4.78 is 103. The summed E-state index contributed by atoms with van der Waals surface area (Å²) in [5.41, 5.74) is 4.29. The van der Waals surface area contributed by atoms with E-state index in [2.05, 4.69) is 44.3 Å². The lowest BCUT2D eigenvalue weighted by atomic mass is 10.1. The van der Waals surface area contributed by atoms with Crippen LogP contribution in [0.15, 0.2) is 65.7 Å². The second kappa shape index (κ2) is 16.7. The molecule has 4 aromatic rings. The van der Waals surface area contributed by atoms with Gasteiger partial charge in [-0.1, -0.05) is 11.3 Å². The lowest BCUT2D eigenvalue weighted by Crippen LogP contribution is -2.46. The van der Waals surface area contributed by atoms with Crippen molar-refractivity contribution in [2.45, 2.75) is 31.1 Å². The highest BCUT2D eigenvalue weighted by atomic mass is 19.4. The van der Waals surface area contributed by atoms with E-state index in [1.54, 1.807) is 18.7 Å². The van der Waals surface area contributed by atoms with Crippen LogP contribution in [0.2, 0.25) is 0 Å². The molecule has 0 aromatic carbocycles. The van der Waals surface area contributed by atoms with Crippen molar-refractivity contribution in [3.05, 3.63) is 72.7 Å². The van der Waals surface area contributed by atoms with Gasteiger partial charge in [0.2, 0.25) is 0 Å². The number of aromatic nitrogens is 4. The summed E-state index contributed by atoms with van der Waals surface area (Å²) in [7, 11) is 2.16. The largest absolute Gasteiger partial charge is 0.490 e. The van der Waals surface area contributed by atoms with E-state index in [1.165, 1.54) is 0 Å². The summed E-state index contributed by atoms with van der Waals surface area (Å²) >= 11 is 0. The van der Waals surface area contributed by atoms with Gasteiger partial charge < -0.3 is 19.7 Å². The predicted octanol–water partition coefficient (Wildman–Crippen LogP) is 4.77. The van der Waals surface area contributed by atoms with Gasteiger partial charge in [-0.15, -0.1) is 5.10 Å². The average Bonchev–Trinajstić information content (AvgIpc) is 3.68. The van der Waals surface area contributed by atoms with Gasteiger partial charge in [0, 0.05) is 43.8 Å². The van der Waals surface area contributed by atoms with Crippen LogP contribution in [0.5, 0.6) is 0 Å². The number of hydrogen-bond donors (Lipinski definition) is 3. The zero-order valence-electron chi connectivity index (χ0n) is 24.7. The second-order valence-electron chi connectivity index (χ2n) is 9.68. The van der Waals surface area contributed by atoms with Gasteiger partial charge in [-0.25, -0.2) is 18.9 Å². The summed E-state index contributed by atoms with van der Waals surface area (Å²) in [6, 6.07) is 12.4. The van der Waals surface area contributed by atoms with Crippen molar-refractivity contribution >= 4 is 23.4 Å². The van der Waals surface area contributed by atoms with Gasteiger partial charge in [-0.3, -0.25) is 14.8 Å². The lowest BCUT2D eigenvalue weighted by Gasteiger charge is -2.38. The molecule has 3 N–H and O–H groups in total. The number of aliphatic carboxylic acids is 3. The molecule has 1 aliphatic heterocycles. The first-order valence-corrected chi connectivity index (χ1v) is 13.2. The number of carbonyl (C=O) groups is 3. The third-order valence-electron chi connectivity index (χ3n) is 6.19. The van der Waals surface area contributed by atoms with E-state index in [9.17, 15) is 39.5 Å². The van der Waals surface area contributed by atoms with Crippen LogP contribution in [0.1, 0.15) is 17.5 Å². The van der Waals surface area contributed by atoms with E-state index in [1.807, 2.05) is 35.0 Å². The normalized spacial score (nSPS) is 15.5. The fourth-order valence-corrected chi connectivity index (χ4v) is 3.86. The van der Waals surface area contributed by atoms with Crippen LogP contribution in [0.3, 0.4) is 0 Å². The molecular weight excluding hydrogens is 691 g/mol. The molecule has 0 aliphatic carbocycles. The molecule has 1 saturated heterocycles. The molecule has 4 aromatic heterocycles. The SMILES string of the molecule is CN1CCN(Cc2ccco2)CC1c1nnn2cc(-c3ccncc3)ccc12.O=C(O)C(F)(F)F.O=C(O)C(F)(F)F.O=C(O)C(F)(F)F. The van der Waals surface area contributed by atoms with Crippen LogP contribution in [0.4, 0.5) is 39.5 Å². The number of alkyl halides is 9. The molecule has 1 fully saturated rings. The number of carboxylic acid groups (broad SMARTS) is 3. The van der Waals surface area contributed by atoms with Crippen molar-refractivity contribution < 1.29 is 73.6 Å². The Labute approximate surface area is 268 Å². The number of halogens is 9. The number of carboxylic acids is 3. The minimum Gasteiger partial charge on any atom is -0.475 e. The van der Waals surface area contributed by atoms with Gasteiger partial charge in [0.25, 0.3) is 0 Å². The summed E-state index contributed by atoms with van der Waals surface area (Å²) in [6.07, 6.45) is -7.88. The Bertz CT molecular complexity index is 1600. The zero-order valence-corrected chi connectivity index (χ0v) is 24.7. The molecule has 1 unspecified atom stereocenters. The monoisotopic (exact) mass is 716 g/mol. The molecule has 49 heavy (non-hydrogen) atoms. The summed E-state index contributed by atoms with van der Waals surface area (Å²) in [6.45, 7) is 3.72. The van der Waals surface area contributed by atoms with Crippen LogP contribution in [-0.2, 0) is 20.9 Å². The van der Waals surface area contributed by atoms with Gasteiger partial charge in [0.15, 0.2) is 0 Å². The maximum Gasteiger partial charge on any atom is 0.490 e. The van der Waals surface area contributed by atoms with Gasteiger partial charge in [0.05, 0.1) is 24.4 Å². The van der Waals surface area contributed by atoms with Crippen molar-refractivity contribution in [3.63, 3.8) is 0 Å². The molecule has 0 saturated carbocycles. The number of likely N-dealkylation sites (N-methyl/N-ethyl adjacent to an activating group) is 1. The number of pyridine rings is 2. The first-order chi connectivity index (χ1) is 22.6. The minimum atomic E-state index is -5.08. The second-order valence-corrected chi connectivity index (χ2v) is 9.68. The number of piperazine rings is 1. The summed E-state index contributed by atoms with van der Waals surface area (Å²) in [5.74, 6) is -7.27. The molecular formula is C27H25F9N6O7. The summed E-state index contributed by atoms with van der Waals surface area (Å²) in [5, 5.41) is 30.3. The number of rotatable bonds is 4. The standard InChI is InChI=1S/C21H22N6O.3C2HF3O2/c1-25-10-11-26(14-18-3-2-12-28-18)15-20(25)21-19-5-4-17(13-27(19)24-23-21)16-6-8-22-9-7-16;3*3-2(4,5)1(6)7/h2-9,12-13,20H,10-11,14-15H2,1H3;3*(H,6,7). The first-order valence-electron chi connectivity index (χ1n) is 13.2. The van der Waals surface area contributed by atoms with Crippen LogP contribution >= 0.6 is 0 Å². The number of furan rings is 1. The van der Waals surface area contributed by atoms with Crippen LogP contribution in [0.25, 0.3) is 16.6 Å². The topological polar surface area (TPSA) is 175 Å². The van der Waals surface area contributed by atoms with Crippen molar-refractivity contribution in [2.75, 3.05) is 26.7 Å². The number of hydrogen-bond acceptors (Lipinski definition) is 9. The van der Waals surface area contributed by atoms with E-state index < -0.39 is 36.4 Å². The molecule has 0 bridgehead atoms. The zero-order chi connectivity index (χ0) is 37.2. The van der Waals surface area contributed by atoms with Gasteiger partial charge in [0.1, 0.15) is 11.5 Å². The van der Waals surface area contributed by atoms with Crippen molar-refractivity contribution in [1.82, 2.24) is 29.6 Å². The number of fused-ring (bicyclic) bond motifs is 1. The van der Waals surface area contributed by atoms with E-state index in [0.29, 0.717) is 0 Å². The molecule has 1 atom stereocenters. The lowest BCUT2D eigenvalue weighted by molar-refractivity contribution is -0.193. The van der Waals surface area contributed by atoms with Gasteiger partial charge in [-0.2, -0.15) is 39.5 Å². The maximum absolute atomic E-state index is 10.6. The smallest absolute Gasteiger partial charge is 0.475 e. The maximum atomic E-state index is 10.6. The van der Waals surface area contributed by atoms with Crippen LogP contribution < -0.4 is 0 Å². The molecule has 0 spiro atoms. The highest BCUT2D eigenvalue weighted by Gasteiger charge is 2.39. The predicted molar refractivity (Wildman–Crippen MR) is 147 cm³/mol. The molecule has 5 heterocycles. The van der Waals surface area contributed by atoms with Gasteiger partial charge >= 0.3 is 36.4 Å². The Hall–Kier alpha value is -5.25. The highest BCUT2D eigenvalue weighted by Crippen LogP contribution is 2.28. The van der Waals surface area contributed by atoms with E-state index in [-0.39, 0.29) is 6.04 Å². The van der Waals surface area contributed by atoms with Crippen molar-refractivity contribution in [2.24, 2.45) is 0 Å². The van der Waals surface area contributed by atoms with Crippen molar-refractivity contribution in [3.8, 4) is 11.1 Å². The highest BCUT2D eigenvalue weighted by molar-refractivity contribution is 5.73. The average molecular weight is 717 g/mol. The Morgan fingerprint density at radius 3 is 1.82 bits per heavy atom. The Kier molecular flexibility index (Phi) is 13.6. The van der Waals surface area contributed by atoms with E-state index >= 15 is 0 Å². The molecule has 13 nitrogen and oxygen atoms in total. The van der Waals surface area contributed by atoms with E-state index in [0.717, 1.165) is 54.3 Å². The third kappa shape index (κ3) is 12.7. The van der Waals surface area contributed by atoms with Crippen molar-refractivity contribution in [1.29, 1.82) is 0 Å². The quantitative estimate of drug-likeness (QED) is 0.247. The Morgan fingerprint density at radius 1 is 0.816 bits per heavy atom. The molecule has 0 amide bonds. The Balaban J connectivity index is 0.000000325. The molecule has 0 radical (unpaired) electrons. The molecule has 5 rings (SSSR count). The number of nitrogens with zero attached hydrogens (tertiary/aromatic N) is 6. The minimum absolute atomic E-state index is 0.202. The molecule has 22 heteroatoms. The molecule has 268 valence electrons. The fraction of sp³-hybridized carbons (Fsp3) is 0.333. The molecule has 1 aliphatic rings.